The molecule has 0 bridgehead atoms. The van der Waals surface area contributed by atoms with Gasteiger partial charge in [-0.25, -0.2) is 0 Å². The highest BCUT2D eigenvalue weighted by Crippen LogP contribution is 2.33. The molecule has 0 radical (unpaired) electrons. The minimum absolute atomic E-state index is 0.135. The Bertz CT molecular complexity index is 892. The maximum Gasteiger partial charge on any atom is 0.295 e. The molecular formula is C20H20N2O3S. The largest absolute Gasteiger partial charge is 0.496 e. The van der Waals surface area contributed by atoms with Gasteiger partial charge in [0.1, 0.15) is 5.75 Å². The number of ether oxygens (including phenoxy) is 1. The van der Waals surface area contributed by atoms with Crippen molar-refractivity contribution < 1.29 is 14.3 Å². The van der Waals surface area contributed by atoms with Gasteiger partial charge in [-0.05, 0) is 61.0 Å². The molecule has 0 unspecified atom stereocenters. The zero-order valence-corrected chi connectivity index (χ0v) is 15.7. The molecule has 26 heavy (non-hydrogen) atoms. The summed E-state index contributed by atoms with van der Waals surface area (Å²) in [5.74, 6) is 0.356. The summed E-state index contributed by atoms with van der Waals surface area (Å²) in [6.45, 7) is 4.20. The molecule has 5 nitrogen and oxygen atoms in total. The van der Waals surface area contributed by atoms with Gasteiger partial charge in [-0.1, -0.05) is 24.3 Å². The molecule has 1 N–H and O–H groups in total. The monoisotopic (exact) mass is 368 g/mol. The Balaban J connectivity index is 1.74. The molecule has 0 aromatic heterocycles. The second kappa shape index (κ2) is 7.66. The fourth-order valence-corrected chi connectivity index (χ4v) is 3.41. The van der Waals surface area contributed by atoms with Gasteiger partial charge in [0, 0.05) is 11.3 Å². The molecule has 6 heteroatoms. The van der Waals surface area contributed by atoms with E-state index >= 15 is 0 Å². The van der Waals surface area contributed by atoms with Crippen LogP contribution in [0.25, 0.3) is 6.08 Å². The van der Waals surface area contributed by atoms with Gasteiger partial charge in [-0.2, -0.15) is 0 Å². The molecule has 1 fully saturated rings. The number of rotatable bonds is 5. The van der Waals surface area contributed by atoms with Crippen LogP contribution in [0.2, 0.25) is 0 Å². The maximum absolute atomic E-state index is 12.6. The lowest BCUT2D eigenvalue weighted by molar-refractivity contribution is -0.122. The molecule has 2 aromatic carbocycles. The molecule has 1 aliphatic rings. The lowest BCUT2D eigenvalue weighted by Gasteiger charge is -2.15. The van der Waals surface area contributed by atoms with Gasteiger partial charge in [0.05, 0.1) is 18.7 Å². The van der Waals surface area contributed by atoms with Gasteiger partial charge in [0.2, 0.25) is 0 Å². The van der Waals surface area contributed by atoms with Crippen LogP contribution in [0, 0.1) is 13.8 Å². The van der Waals surface area contributed by atoms with Crippen molar-refractivity contribution in [3.63, 3.8) is 0 Å². The van der Waals surface area contributed by atoms with Crippen LogP contribution in [0.1, 0.15) is 16.7 Å². The van der Waals surface area contributed by atoms with Crippen molar-refractivity contribution in [1.82, 2.24) is 4.90 Å². The van der Waals surface area contributed by atoms with Crippen LogP contribution in [-0.2, 0) is 4.79 Å². The van der Waals surface area contributed by atoms with Gasteiger partial charge in [-0.15, -0.1) is 0 Å². The number of nitrogens with zero attached hydrogens (tertiary/aromatic N) is 1. The molecule has 2 amide bonds. The molecular weight excluding hydrogens is 348 g/mol. The fraction of sp³-hybridized carbons (Fsp3) is 0.200. The number of benzene rings is 2. The van der Waals surface area contributed by atoms with Crippen molar-refractivity contribution >= 4 is 34.7 Å². The van der Waals surface area contributed by atoms with E-state index in [0.29, 0.717) is 10.7 Å². The number of imide groups is 1. The highest BCUT2D eigenvalue weighted by molar-refractivity contribution is 8.18. The minimum atomic E-state index is -0.303. The maximum atomic E-state index is 12.6. The average Bonchev–Trinajstić information content (AvgIpc) is 2.90. The second-order valence-corrected chi connectivity index (χ2v) is 6.98. The van der Waals surface area contributed by atoms with Crippen LogP contribution in [0.4, 0.5) is 10.5 Å². The molecule has 1 heterocycles. The number of para-hydroxylation sites is 1. The van der Waals surface area contributed by atoms with Gasteiger partial charge < -0.3 is 10.1 Å². The van der Waals surface area contributed by atoms with E-state index in [1.54, 1.807) is 13.2 Å². The lowest BCUT2D eigenvalue weighted by Crippen LogP contribution is -2.33. The molecule has 0 aliphatic carbocycles. The smallest absolute Gasteiger partial charge is 0.295 e. The van der Waals surface area contributed by atoms with E-state index in [1.807, 2.05) is 56.3 Å². The van der Waals surface area contributed by atoms with Crippen LogP contribution in [0.5, 0.6) is 5.75 Å². The van der Waals surface area contributed by atoms with E-state index < -0.39 is 0 Å². The van der Waals surface area contributed by atoms with E-state index in [4.69, 9.17) is 4.74 Å². The number of methoxy groups -OCH3 is 1. The van der Waals surface area contributed by atoms with Crippen molar-refractivity contribution in [2.24, 2.45) is 0 Å². The summed E-state index contributed by atoms with van der Waals surface area (Å²) < 4.78 is 5.29. The summed E-state index contributed by atoms with van der Waals surface area (Å²) >= 11 is 0.940. The van der Waals surface area contributed by atoms with E-state index in [1.165, 1.54) is 10.5 Å². The first-order valence-corrected chi connectivity index (χ1v) is 9.01. The van der Waals surface area contributed by atoms with Crippen LogP contribution < -0.4 is 10.1 Å². The third kappa shape index (κ3) is 3.75. The number of nitrogens with one attached hydrogen (secondary N) is 1. The number of amides is 2. The first-order valence-electron chi connectivity index (χ1n) is 8.19. The van der Waals surface area contributed by atoms with Gasteiger partial charge in [-0.3, -0.25) is 14.5 Å². The van der Waals surface area contributed by atoms with Crippen molar-refractivity contribution in [3.05, 3.63) is 64.1 Å². The Hall–Kier alpha value is -2.73. The Morgan fingerprint density at radius 3 is 2.62 bits per heavy atom. The van der Waals surface area contributed by atoms with Crippen LogP contribution in [0.15, 0.2) is 47.4 Å². The molecule has 1 saturated heterocycles. The summed E-state index contributed by atoms with van der Waals surface area (Å²) in [6, 6.07) is 13.3. The van der Waals surface area contributed by atoms with Crippen molar-refractivity contribution in [1.29, 1.82) is 0 Å². The molecule has 134 valence electrons. The van der Waals surface area contributed by atoms with E-state index in [9.17, 15) is 9.59 Å². The van der Waals surface area contributed by atoms with Crippen LogP contribution in [0.3, 0.4) is 0 Å². The minimum Gasteiger partial charge on any atom is -0.496 e. The first kappa shape index (κ1) is 18.1. The Morgan fingerprint density at radius 2 is 1.88 bits per heavy atom. The lowest BCUT2D eigenvalue weighted by atomic mass is 10.1. The van der Waals surface area contributed by atoms with Crippen molar-refractivity contribution in [2.45, 2.75) is 13.8 Å². The topological polar surface area (TPSA) is 58.6 Å². The third-order valence-corrected chi connectivity index (χ3v) is 5.15. The zero-order chi connectivity index (χ0) is 18.7. The number of anilines is 1. The number of aryl methyl sites for hydroxylation is 2. The van der Waals surface area contributed by atoms with E-state index in [0.717, 1.165) is 28.6 Å². The van der Waals surface area contributed by atoms with E-state index in [2.05, 4.69) is 5.32 Å². The predicted molar refractivity (Wildman–Crippen MR) is 105 cm³/mol. The molecule has 2 aromatic rings. The Labute approximate surface area is 157 Å². The van der Waals surface area contributed by atoms with Gasteiger partial charge in [0.25, 0.3) is 11.1 Å². The zero-order valence-electron chi connectivity index (χ0n) is 14.9. The normalized spacial score (nSPS) is 15.7. The number of thioether (sulfide) groups is 1. The van der Waals surface area contributed by atoms with Gasteiger partial charge >= 0.3 is 0 Å². The van der Waals surface area contributed by atoms with Crippen LogP contribution in [-0.4, -0.2) is 29.8 Å². The van der Waals surface area contributed by atoms with Crippen molar-refractivity contribution in [3.8, 4) is 5.75 Å². The Kier molecular flexibility index (Phi) is 5.32. The summed E-state index contributed by atoms with van der Waals surface area (Å²) in [5, 5.41) is 2.86. The highest BCUT2D eigenvalue weighted by atomic mass is 32.2. The number of hydrogen-bond acceptors (Lipinski definition) is 5. The van der Waals surface area contributed by atoms with E-state index in [-0.39, 0.29) is 17.8 Å². The summed E-state index contributed by atoms with van der Waals surface area (Å²) in [6.07, 6.45) is 1.69. The fourth-order valence-electron chi connectivity index (χ4n) is 2.58. The van der Waals surface area contributed by atoms with Crippen molar-refractivity contribution in [2.75, 3.05) is 19.1 Å². The molecule has 0 atom stereocenters. The molecule has 3 rings (SSSR count). The Morgan fingerprint density at radius 1 is 1.12 bits per heavy atom. The molecule has 1 aliphatic heterocycles. The molecule has 0 spiro atoms. The molecule has 0 saturated carbocycles. The van der Waals surface area contributed by atoms with Gasteiger partial charge in [0.15, 0.2) is 0 Å². The predicted octanol–water partition coefficient (Wildman–Crippen LogP) is 4.42. The number of carbonyl (C=O) groups is 2. The quantitative estimate of drug-likeness (QED) is 0.792. The van der Waals surface area contributed by atoms with Crippen LogP contribution >= 0.6 is 11.8 Å². The first-order chi connectivity index (χ1) is 12.5. The summed E-state index contributed by atoms with van der Waals surface area (Å²) in [4.78, 5) is 26.4. The second-order valence-electron chi connectivity index (χ2n) is 5.99. The SMILES string of the molecule is COc1ccccc1/C=C1/SC(=O)N(CNc2ccc(C)c(C)c2)C1=O. The number of hydrogen-bond donors (Lipinski definition) is 1. The summed E-state index contributed by atoms with van der Waals surface area (Å²) in [5.41, 5.74) is 3.99. The standard InChI is InChI=1S/C20H20N2O3S/c1-13-8-9-16(10-14(13)2)21-12-22-19(23)18(26-20(22)24)11-15-6-4-5-7-17(15)25-3/h4-11,21H,12H2,1-3H3/b18-11+. The third-order valence-electron chi connectivity index (χ3n) is 4.25. The highest BCUT2D eigenvalue weighted by Gasteiger charge is 2.35. The summed E-state index contributed by atoms with van der Waals surface area (Å²) in [7, 11) is 1.58. The number of carbonyl (C=O) groups excluding carboxylic acids is 2. The average molecular weight is 368 g/mol.